The zero-order valence-electron chi connectivity index (χ0n) is 16.8. The maximum atomic E-state index is 5.88. The van der Waals surface area contributed by atoms with E-state index in [1.54, 1.807) is 6.21 Å². The molecule has 0 unspecified atom stereocenters. The van der Waals surface area contributed by atoms with Gasteiger partial charge in [-0.1, -0.05) is 12.1 Å². The second-order valence-corrected chi connectivity index (χ2v) is 6.85. The lowest BCUT2D eigenvalue weighted by molar-refractivity contribution is 0.146. The van der Waals surface area contributed by atoms with Gasteiger partial charge in [-0.25, -0.2) is 0 Å². The molecule has 0 saturated carbocycles. The van der Waals surface area contributed by atoms with E-state index in [1.807, 2.05) is 43.3 Å². The fourth-order valence-corrected chi connectivity index (χ4v) is 2.95. The summed E-state index contributed by atoms with van der Waals surface area (Å²) in [5.74, 6) is 1.84. The molecule has 2 aromatic rings. The molecule has 7 nitrogen and oxygen atoms in total. The molecule has 1 aliphatic heterocycles. The van der Waals surface area contributed by atoms with Gasteiger partial charge in [0.05, 0.1) is 11.9 Å². The summed E-state index contributed by atoms with van der Waals surface area (Å²) in [5.41, 5.74) is 1.95. The smallest absolute Gasteiger partial charge is 0.151 e. The van der Waals surface area contributed by atoms with Gasteiger partial charge < -0.3 is 14.5 Å². The zero-order chi connectivity index (χ0) is 19.6. The van der Waals surface area contributed by atoms with E-state index < -0.39 is 0 Å². The van der Waals surface area contributed by atoms with Crippen LogP contribution >= 0.6 is 0 Å². The van der Waals surface area contributed by atoms with Crippen LogP contribution in [0.2, 0.25) is 0 Å². The Morgan fingerprint density at radius 1 is 1.00 bits per heavy atom. The standard InChI is InChI=1S/C21H29N5O2/c1-3-15-28-22-17-19-5-7-20(8-6-19)27-16-14-25-10-12-26(13-11-25)21-9-4-18(2)23-24-21/h4-9,17H,3,10-16H2,1-2H3. The highest BCUT2D eigenvalue weighted by Crippen LogP contribution is 2.14. The molecule has 0 N–H and O–H groups in total. The molecule has 1 aromatic carbocycles. The molecule has 3 rings (SSSR count). The molecule has 0 atom stereocenters. The number of hydrogen-bond acceptors (Lipinski definition) is 7. The highest BCUT2D eigenvalue weighted by molar-refractivity contribution is 5.79. The summed E-state index contributed by atoms with van der Waals surface area (Å²) in [6.07, 6.45) is 2.68. The molecule has 0 radical (unpaired) electrons. The largest absolute Gasteiger partial charge is 0.492 e. The van der Waals surface area contributed by atoms with Crippen LogP contribution in [0.25, 0.3) is 0 Å². The third-order valence-electron chi connectivity index (χ3n) is 4.61. The minimum absolute atomic E-state index is 0.643. The van der Waals surface area contributed by atoms with E-state index in [9.17, 15) is 0 Å². The van der Waals surface area contributed by atoms with E-state index in [0.717, 1.165) is 62.0 Å². The Morgan fingerprint density at radius 2 is 1.79 bits per heavy atom. The van der Waals surface area contributed by atoms with Gasteiger partial charge in [-0.2, -0.15) is 5.10 Å². The van der Waals surface area contributed by atoms with Gasteiger partial charge >= 0.3 is 0 Å². The molecule has 1 saturated heterocycles. The number of benzene rings is 1. The average molecular weight is 383 g/mol. The molecule has 0 aliphatic carbocycles. The minimum Gasteiger partial charge on any atom is -0.492 e. The van der Waals surface area contributed by atoms with Gasteiger partial charge in [0, 0.05) is 32.7 Å². The Bertz CT molecular complexity index is 725. The van der Waals surface area contributed by atoms with Crippen molar-refractivity contribution < 1.29 is 9.57 Å². The van der Waals surface area contributed by atoms with Crippen molar-refractivity contribution in [1.82, 2.24) is 15.1 Å². The fourth-order valence-electron chi connectivity index (χ4n) is 2.95. The second-order valence-electron chi connectivity index (χ2n) is 6.85. The van der Waals surface area contributed by atoms with Crippen molar-refractivity contribution in [3.63, 3.8) is 0 Å². The maximum absolute atomic E-state index is 5.88. The molecule has 0 spiro atoms. The average Bonchev–Trinajstić information content (AvgIpc) is 2.73. The monoisotopic (exact) mass is 383 g/mol. The molecular weight excluding hydrogens is 354 g/mol. The van der Waals surface area contributed by atoms with Crippen LogP contribution in [0.5, 0.6) is 5.75 Å². The summed E-state index contributed by atoms with van der Waals surface area (Å²) in [6.45, 7) is 10.2. The first-order chi connectivity index (χ1) is 13.7. The van der Waals surface area contributed by atoms with Crippen LogP contribution in [-0.2, 0) is 4.84 Å². The maximum Gasteiger partial charge on any atom is 0.151 e. The molecule has 0 bridgehead atoms. The number of nitrogens with zero attached hydrogens (tertiary/aromatic N) is 5. The molecule has 28 heavy (non-hydrogen) atoms. The first-order valence-corrected chi connectivity index (χ1v) is 9.90. The zero-order valence-corrected chi connectivity index (χ0v) is 16.8. The van der Waals surface area contributed by atoms with Crippen LogP contribution in [-0.4, -0.2) is 67.2 Å². The number of hydrogen-bond donors (Lipinski definition) is 0. The Kier molecular flexibility index (Phi) is 7.61. The second kappa shape index (κ2) is 10.6. The molecule has 2 heterocycles. The predicted molar refractivity (Wildman–Crippen MR) is 111 cm³/mol. The van der Waals surface area contributed by atoms with E-state index in [0.29, 0.717) is 13.2 Å². The summed E-state index contributed by atoms with van der Waals surface area (Å²) >= 11 is 0. The van der Waals surface area contributed by atoms with Crippen molar-refractivity contribution in [2.24, 2.45) is 5.16 Å². The van der Waals surface area contributed by atoms with Crippen LogP contribution in [0.15, 0.2) is 41.6 Å². The summed E-state index contributed by atoms with van der Waals surface area (Å²) in [5, 5.41) is 12.4. The molecule has 1 fully saturated rings. The summed E-state index contributed by atoms with van der Waals surface area (Å²) in [6, 6.07) is 12.0. The third-order valence-corrected chi connectivity index (χ3v) is 4.61. The fraction of sp³-hybridized carbons (Fsp3) is 0.476. The lowest BCUT2D eigenvalue weighted by Gasteiger charge is -2.35. The molecule has 1 aliphatic rings. The first kappa shape index (κ1) is 20.1. The van der Waals surface area contributed by atoms with Crippen molar-refractivity contribution >= 4 is 12.0 Å². The lowest BCUT2D eigenvalue weighted by Crippen LogP contribution is -2.47. The number of rotatable bonds is 9. The van der Waals surface area contributed by atoms with E-state index in [1.165, 1.54) is 0 Å². The Morgan fingerprint density at radius 3 is 2.46 bits per heavy atom. The van der Waals surface area contributed by atoms with Crippen LogP contribution in [0.3, 0.4) is 0 Å². The highest BCUT2D eigenvalue weighted by atomic mass is 16.6. The van der Waals surface area contributed by atoms with Crippen molar-refractivity contribution in [2.75, 3.05) is 50.8 Å². The van der Waals surface area contributed by atoms with Crippen molar-refractivity contribution in [2.45, 2.75) is 20.3 Å². The summed E-state index contributed by atoms with van der Waals surface area (Å²) in [7, 11) is 0. The summed E-state index contributed by atoms with van der Waals surface area (Å²) in [4.78, 5) is 9.82. The van der Waals surface area contributed by atoms with Crippen LogP contribution in [0.1, 0.15) is 24.6 Å². The topological polar surface area (TPSA) is 63.1 Å². The molecule has 150 valence electrons. The number of anilines is 1. The van der Waals surface area contributed by atoms with Gasteiger partial charge in [0.25, 0.3) is 0 Å². The van der Waals surface area contributed by atoms with Gasteiger partial charge in [-0.3, -0.25) is 4.90 Å². The number of aromatic nitrogens is 2. The van der Waals surface area contributed by atoms with Gasteiger partial charge in [0.2, 0.25) is 0 Å². The highest BCUT2D eigenvalue weighted by Gasteiger charge is 2.18. The van der Waals surface area contributed by atoms with Crippen molar-refractivity contribution in [3.05, 3.63) is 47.7 Å². The van der Waals surface area contributed by atoms with Crippen molar-refractivity contribution in [3.8, 4) is 5.75 Å². The van der Waals surface area contributed by atoms with Gasteiger partial charge in [0.1, 0.15) is 19.0 Å². The number of ether oxygens (including phenoxy) is 1. The molecule has 0 amide bonds. The first-order valence-electron chi connectivity index (χ1n) is 9.90. The number of oxime groups is 1. The Hall–Kier alpha value is -2.67. The lowest BCUT2D eigenvalue weighted by atomic mass is 10.2. The third kappa shape index (κ3) is 6.20. The van der Waals surface area contributed by atoms with Gasteiger partial charge in [0.15, 0.2) is 5.82 Å². The van der Waals surface area contributed by atoms with Gasteiger partial charge in [-0.05, 0) is 55.3 Å². The van der Waals surface area contributed by atoms with Crippen LogP contribution in [0, 0.1) is 6.92 Å². The molecular formula is C21H29N5O2. The SMILES string of the molecule is CCCON=Cc1ccc(OCCN2CCN(c3ccc(C)nn3)CC2)cc1. The van der Waals surface area contributed by atoms with E-state index in [-0.39, 0.29) is 0 Å². The summed E-state index contributed by atoms with van der Waals surface area (Å²) < 4.78 is 5.88. The minimum atomic E-state index is 0.643. The quantitative estimate of drug-likeness (QED) is 0.377. The molecule has 7 heteroatoms. The normalized spacial score (nSPS) is 15.1. The van der Waals surface area contributed by atoms with Crippen molar-refractivity contribution in [1.29, 1.82) is 0 Å². The van der Waals surface area contributed by atoms with Gasteiger partial charge in [-0.15, -0.1) is 5.10 Å². The van der Waals surface area contributed by atoms with E-state index in [2.05, 4.69) is 32.1 Å². The molecule has 1 aromatic heterocycles. The predicted octanol–water partition coefficient (Wildman–Crippen LogP) is 2.75. The van der Waals surface area contributed by atoms with Crippen LogP contribution in [0.4, 0.5) is 5.82 Å². The number of aryl methyl sites for hydroxylation is 1. The van der Waals surface area contributed by atoms with E-state index in [4.69, 9.17) is 9.57 Å². The Labute approximate surface area is 167 Å². The Balaban J connectivity index is 1.35. The van der Waals surface area contributed by atoms with E-state index >= 15 is 0 Å². The van der Waals surface area contributed by atoms with Crippen LogP contribution < -0.4 is 9.64 Å². The number of piperazine rings is 1.